The van der Waals surface area contributed by atoms with Gasteiger partial charge in [-0.3, -0.25) is 0 Å². The van der Waals surface area contributed by atoms with Crippen LogP contribution in [0.4, 0.5) is 34.1 Å². The summed E-state index contributed by atoms with van der Waals surface area (Å²) in [5, 5.41) is 4.95. The van der Waals surface area contributed by atoms with Crippen molar-refractivity contribution < 1.29 is 0 Å². The first kappa shape index (κ1) is 47.3. The van der Waals surface area contributed by atoms with Crippen LogP contribution >= 0.6 is 0 Å². The highest BCUT2D eigenvalue weighted by molar-refractivity contribution is 7.00. The average molecular weight is 999 g/mol. The van der Waals surface area contributed by atoms with Gasteiger partial charge >= 0.3 is 0 Å². The summed E-state index contributed by atoms with van der Waals surface area (Å²) in [6.45, 7) is 11.6. The molecule has 0 N–H and O–H groups in total. The molecule has 14 rings (SSSR count). The number of rotatable bonds is 8. The molecule has 2 aliphatic rings. The summed E-state index contributed by atoms with van der Waals surface area (Å²) in [5.74, 6) is 0. The van der Waals surface area contributed by atoms with Gasteiger partial charge in [0.05, 0.1) is 0 Å². The zero-order valence-electron chi connectivity index (χ0n) is 44.9. The van der Waals surface area contributed by atoms with Gasteiger partial charge in [0, 0.05) is 39.5 Å². The van der Waals surface area contributed by atoms with Crippen molar-refractivity contribution in [3.05, 3.63) is 284 Å². The van der Waals surface area contributed by atoms with E-state index in [2.05, 4.69) is 311 Å². The first-order valence-electron chi connectivity index (χ1n) is 27.5. The quantitative estimate of drug-likeness (QED) is 0.111. The van der Waals surface area contributed by atoms with Gasteiger partial charge < -0.3 is 9.80 Å². The van der Waals surface area contributed by atoms with Crippen LogP contribution in [-0.2, 0) is 10.8 Å². The van der Waals surface area contributed by atoms with Crippen LogP contribution in [0.3, 0.4) is 0 Å². The number of anilines is 6. The second-order valence-corrected chi connectivity index (χ2v) is 22.9. The molecular weight excluding hydrogens is 940 g/mol. The van der Waals surface area contributed by atoms with E-state index >= 15 is 0 Å². The van der Waals surface area contributed by atoms with Gasteiger partial charge in [-0.15, -0.1) is 0 Å². The van der Waals surface area contributed by atoms with Crippen LogP contribution in [-0.4, -0.2) is 6.71 Å². The summed E-state index contributed by atoms with van der Waals surface area (Å²) in [7, 11) is 0. The van der Waals surface area contributed by atoms with Crippen LogP contribution in [0.1, 0.15) is 51.3 Å². The van der Waals surface area contributed by atoms with Crippen molar-refractivity contribution in [2.45, 2.75) is 45.4 Å². The molecule has 12 aromatic carbocycles. The predicted molar refractivity (Wildman–Crippen MR) is 334 cm³/mol. The molecule has 0 fully saturated rings. The Balaban J connectivity index is 1.09. The molecule has 2 nitrogen and oxygen atoms in total. The molecule has 0 aliphatic carbocycles. The molecule has 0 aromatic heterocycles. The average Bonchev–Trinajstić information content (AvgIpc) is 3.56. The maximum atomic E-state index is 2.57. The molecule has 0 amide bonds. The molecule has 0 radical (unpaired) electrons. The van der Waals surface area contributed by atoms with E-state index in [1.807, 2.05) is 0 Å². The van der Waals surface area contributed by atoms with Crippen LogP contribution in [0.2, 0.25) is 0 Å². The van der Waals surface area contributed by atoms with E-state index in [1.54, 1.807) is 0 Å². The van der Waals surface area contributed by atoms with Gasteiger partial charge in [-0.1, -0.05) is 235 Å². The van der Waals surface area contributed by atoms with Gasteiger partial charge in [0.2, 0.25) is 0 Å². The molecule has 0 saturated carbocycles. The molecule has 12 aromatic rings. The van der Waals surface area contributed by atoms with E-state index in [9.17, 15) is 0 Å². The van der Waals surface area contributed by atoms with Gasteiger partial charge in [0.1, 0.15) is 0 Å². The fraction of sp³-hybridized carbons (Fsp3) is 0.0933. The summed E-state index contributed by atoms with van der Waals surface area (Å²) in [5.41, 5.74) is 24.1. The number of fused-ring (bicyclic) bond motifs is 6. The highest BCUT2D eigenvalue weighted by Crippen LogP contribution is 2.50. The van der Waals surface area contributed by atoms with Crippen LogP contribution in [0.15, 0.2) is 267 Å². The third kappa shape index (κ3) is 7.79. The first-order chi connectivity index (χ1) is 38.1. The lowest BCUT2D eigenvalue weighted by molar-refractivity contribution is 0.590. The number of benzene rings is 12. The SMILES string of the molecule is CC(C)(C)c1cccc(-c2cc(-c3cc4c5c(c3)N(c3ccccc3)c3cc(C(C)(C)c6ccccc6)ccc3B5c3ccccc3N4c3ccccc3)cc(-c3c4ccccc4c(-c4ccccc4)c4ccccc34)c2)c1. The molecule has 372 valence electrons. The van der Waals surface area contributed by atoms with Gasteiger partial charge in [-0.2, -0.15) is 0 Å². The minimum atomic E-state index is -0.255. The van der Waals surface area contributed by atoms with E-state index < -0.39 is 0 Å². The summed E-state index contributed by atoms with van der Waals surface area (Å²) >= 11 is 0. The fourth-order valence-electron chi connectivity index (χ4n) is 12.9. The Kier molecular flexibility index (Phi) is 11.2. The normalized spacial score (nSPS) is 12.9. The zero-order valence-corrected chi connectivity index (χ0v) is 44.9. The van der Waals surface area contributed by atoms with Crippen molar-refractivity contribution >= 4 is 78.8 Å². The molecular formula is C75H59BN2. The predicted octanol–water partition coefficient (Wildman–Crippen LogP) is 18.4. The van der Waals surface area contributed by atoms with Crippen molar-refractivity contribution in [1.29, 1.82) is 0 Å². The number of hydrogen-bond donors (Lipinski definition) is 0. The Morgan fingerprint density at radius 1 is 0.282 bits per heavy atom. The monoisotopic (exact) mass is 998 g/mol. The Bertz CT molecular complexity index is 4210. The van der Waals surface area contributed by atoms with Gasteiger partial charge in [-0.25, -0.2) is 0 Å². The molecule has 2 aliphatic heterocycles. The third-order valence-corrected chi connectivity index (χ3v) is 16.8. The van der Waals surface area contributed by atoms with E-state index in [1.165, 1.54) is 111 Å². The molecule has 2 heterocycles. The van der Waals surface area contributed by atoms with Crippen LogP contribution in [0, 0.1) is 0 Å². The Morgan fingerprint density at radius 2 is 0.718 bits per heavy atom. The highest BCUT2D eigenvalue weighted by atomic mass is 15.2. The minimum Gasteiger partial charge on any atom is -0.311 e. The largest absolute Gasteiger partial charge is 0.311 e. The second kappa shape index (κ2) is 18.5. The van der Waals surface area contributed by atoms with Crippen molar-refractivity contribution in [2.75, 3.05) is 9.80 Å². The standard InChI is InChI=1S/C75H59BN2/c1-74(2,3)57-30-24-27-51(46-57)52-43-53(45-55(44-52)72-63-37-20-18-35-61(63)71(50-25-10-6-11-26-50)62-36-19-21-38-64(62)72)54-47-69-73-70(48-54)78(60-33-16-9-17-34-60)68-49-58(75(4,5)56-28-12-7-13-29-56)41-42-66(68)76(73)65-39-22-23-40-67(65)77(69)59-31-14-8-15-32-59/h6-49H,1-5H3. The number of para-hydroxylation sites is 3. The van der Waals surface area contributed by atoms with E-state index in [0.717, 1.165) is 22.5 Å². The highest BCUT2D eigenvalue weighted by Gasteiger charge is 2.44. The van der Waals surface area contributed by atoms with Crippen LogP contribution in [0.5, 0.6) is 0 Å². The second-order valence-electron chi connectivity index (χ2n) is 22.9. The maximum absolute atomic E-state index is 2.57. The van der Waals surface area contributed by atoms with Crippen LogP contribution in [0.25, 0.3) is 66.1 Å². The van der Waals surface area contributed by atoms with Gasteiger partial charge in [0.15, 0.2) is 0 Å². The molecule has 0 bridgehead atoms. The van der Waals surface area contributed by atoms with Crippen molar-refractivity contribution in [3.8, 4) is 44.5 Å². The lowest BCUT2D eigenvalue weighted by atomic mass is 9.33. The summed E-state index contributed by atoms with van der Waals surface area (Å²) in [6.07, 6.45) is 0. The fourth-order valence-corrected chi connectivity index (χ4v) is 12.9. The van der Waals surface area contributed by atoms with E-state index in [4.69, 9.17) is 0 Å². The van der Waals surface area contributed by atoms with Crippen molar-refractivity contribution in [1.82, 2.24) is 0 Å². The summed E-state index contributed by atoms with van der Waals surface area (Å²) < 4.78 is 0. The Morgan fingerprint density at radius 3 is 1.31 bits per heavy atom. The molecule has 3 heteroatoms. The molecule has 0 unspecified atom stereocenters. The van der Waals surface area contributed by atoms with E-state index in [-0.39, 0.29) is 17.5 Å². The summed E-state index contributed by atoms with van der Waals surface area (Å²) in [6, 6.07) is 100. The first-order valence-corrected chi connectivity index (χ1v) is 27.5. The molecule has 0 spiro atoms. The Labute approximate surface area is 459 Å². The minimum absolute atomic E-state index is 0.0213. The maximum Gasteiger partial charge on any atom is 0.252 e. The van der Waals surface area contributed by atoms with E-state index in [0.29, 0.717) is 0 Å². The molecule has 78 heavy (non-hydrogen) atoms. The lowest BCUT2D eigenvalue weighted by Crippen LogP contribution is -2.61. The Hall–Kier alpha value is -9.18. The smallest absolute Gasteiger partial charge is 0.252 e. The third-order valence-electron chi connectivity index (χ3n) is 16.8. The molecule has 0 atom stereocenters. The van der Waals surface area contributed by atoms with Crippen LogP contribution < -0.4 is 26.2 Å². The molecule has 0 saturated heterocycles. The number of nitrogens with zero attached hydrogens (tertiary/aromatic N) is 2. The number of hydrogen-bond acceptors (Lipinski definition) is 2. The topological polar surface area (TPSA) is 6.48 Å². The van der Waals surface area contributed by atoms with Crippen molar-refractivity contribution in [3.63, 3.8) is 0 Å². The summed E-state index contributed by atoms with van der Waals surface area (Å²) in [4.78, 5) is 5.09. The van der Waals surface area contributed by atoms with Gasteiger partial charge in [-0.05, 0) is 171 Å². The zero-order chi connectivity index (χ0) is 52.7. The lowest BCUT2D eigenvalue weighted by Gasteiger charge is -2.45. The van der Waals surface area contributed by atoms with Crippen molar-refractivity contribution in [2.24, 2.45) is 0 Å². The van der Waals surface area contributed by atoms with Gasteiger partial charge in [0.25, 0.3) is 6.71 Å².